The average molecular weight is 324 g/mol. The molecule has 1 atom stereocenters. The molecule has 0 radical (unpaired) electrons. The van der Waals surface area contributed by atoms with Gasteiger partial charge in [-0.05, 0) is 31.0 Å². The van der Waals surface area contributed by atoms with E-state index in [1.165, 1.54) is 4.31 Å². The predicted octanol–water partition coefficient (Wildman–Crippen LogP) is 3.89. The lowest BCUT2D eigenvalue weighted by Crippen LogP contribution is -2.35. The summed E-state index contributed by atoms with van der Waals surface area (Å²) in [4.78, 5) is 0.123. The van der Waals surface area contributed by atoms with Crippen LogP contribution in [0.25, 0.3) is 0 Å². The van der Waals surface area contributed by atoms with Crippen molar-refractivity contribution in [2.45, 2.75) is 43.5 Å². The van der Waals surface area contributed by atoms with E-state index in [2.05, 4.69) is 0 Å². The largest absolute Gasteiger partial charge is 0.244 e. The van der Waals surface area contributed by atoms with Crippen LogP contribution in [-0.2, 0) is 15.9 Å². The quantitative estimate of drug-likeness (QED) is 0.745. The highest BCUT2D eigenvalue weighted by Crippen LogP contribution is 2.27. The Bertz CT molecular complexity index is 531. The van der Waals surface area contributed by atoms with Gasteiger partial charge in [-0.25, -0.2) is 8.42 Å². The van der Waals surface area contributed by atoms with E-state index in [1.54, 1.807) is 25.2 Å². The molecule has 0 aromatic heterocycles. The SMILES string of the molecule is CCCC(C)N(C)S(=O)(=O)c1cc(CCl)ccc1Cl. The molecule has 0 amide bonds. The van der Waals surface area contributed by atoms with E-state index in [0.717, 1.165) is 18.4 Å². The van der Waals surface area contributed by atoms with Gasteiger partial charge in [0.15, 0.2) is 0 Å². The van der Waals surface area contributed by atoms with Gasteiger partial charge >= 0.3 is 0 Å². The first-order valence-electron chi connectivity index (χ1n) is 6.17. The van der Waals surface area contributed by atoms with Crippen LogP contribution in [0, 0.1) is 0 Å². The van der Waals surface area contributed by atoms with Gasteiger partial charge in [0.25, 0.3) is 0 Å². The smallest absolute Gasteiger partial charge is 0.207 e. The molecule has 3 nitrogen and oxygen atoms in total. The van der Waals surface area contributed by atoms with Crippen molar-refractivity contribution >= 4 is 33.2 Å². The standard InChI is InChI=1S/C13H19Cl2NO2S/c1-4-5-10(2)16(3)19(17,18)13-8-11(9-14)6-7-12(13)15/h6-8,10H,4-5,9H2,1-3H3. The van der Waals surface area contributed by atoms with Crippen molar-refractivity contribution in [2.75, 3.05) is 7.05 Å². The van der Waals surface area contributed by atoms with Crippen LogP contribution in [0.5, 0.6) is 0 Å². The van der Waals surface area contributed by atoms with E-state index in [1.807, 2.05) is 13.8 Å². The second kappa shape index (κ2) is 6.93. The first kappa shape index (κ1) is 16.8. The minimum Gasteiger partial charge on any atom is -0.207 e. The van der Waals surface area contributed by atoms with Gasteiger partial charge in [-0.15, -0.1) is 11.6 Å². The topological polar surface area (TPSA) is 37.4 Å². The maximum absolute atomic E-state index is 12.5. The molecule has 0 saturated carbocycles. The predicted molar refractivity (Wildman–Crippen MR) is 80.3 cm³/mol. The van der Waals surface area contributed by atoms with Crippen molar-refractivity contribution in [3.05, 3.63) is 28.8 Å². The Labute approximate surface area is 125 Å². The fraction of sp³-hybridized carbons (Fsp3) is 0.538. The highest BCUT2D eigenvalue weighted by atomic mass is 35.5. The first-order chi connectivity index (χ1) is 8.84. The molecule has 0 N–H and O–H groups in total. The lowest BCUT2D eigenvalue weighted by molar-refractivity contribution is 0.369. The lowest BCUT2D eigenvalue weighted by Gasteiger charge is -2.24. The van der Waals surface area contributed by atoms with E-state index in [4.69, 9.17) is 23.2 Å². The molecule has 0 aliphatic heterocycles. The van der Waals surface area contributed by atoms with Crippen LogP contribution in [0.15, 0.2) is 23.1 Å². The highest BCUT2D eigenvalue weighted by molar-refractivity contribution is 7.89. The number of sulfonamides is 1. The van der Waals surface area contributed by atoms with Gasteiger partial charge < -0.3 is 0 Å². The van der Waals surface area contributed by atoms with Gasteiger partial charge in [0.2, 0.25) is 10.0 Å². The summed E-state index contributed by atoms with van der Waals surface area (Å²) in [5.41, 5.74) is 0.737. The summed E-state index contributed by atoms with van der Waals surface area (Å²) in [6, 6.07) is 4.78. The zero-order chi connectivity index (χ0) is 14.6. The Kier molecular flexibility index (Phi) is 6.12. The van der Waals surface area contributed by atoms with E-state index in [-0.39, 0.29) is 21.8 Å². The molecule has 6 heteroatoms. The summed E-state index contributed by atoms with van der Waals surface area (Å²) < 4.78 is 26.4. The number of hydrogen-bond donors (Lipinski definition) is 0. The molecule has 0 bridgehead atoms. The van der Waals surface area contributed by atoms with Gasteiger partial charge in [0.1, 0.15) is 4.90 Å². The second-order valence-electron chi connectivity index (χ2n) is 4.56. The Hall–Kier alpha value is -0.290. The Morgan fingerprint density at radius 3 is 2.53 bits per heavy atom. The summed E-state index contributed by atoms with van der Waals surface area (Å²) in [5.74, 6) is 0.258. The summed E-state index contributed by atoms with van der Waals surface area (Å²) in [6.07, 6.45) is 1.74. The molecular weight excluding hydrogens is 305 g/mol. The van der Waals surface area contributed by atoms with Crippen molar-refractivity contribution in [1.82, 2.24) is 4.31 Å². The number of rotatable bonds is 6. The Morgan fingerprint density at radius 1 is 1.37 bits per heavy atom. The molecule has 0 fully saturated rings. The fourth-order valence-corrected chi connectivity index (χ4v) is 3.90. The van der Waals surface area contributed by atoms with Crippen molar-refractivity contribution < 1.29 is 8.42 Å². The molecule has 19 heavy (non-hydrogen) atoms. The van der Waals surface area contributed by atoms with Crippen LogP contribution in [0.2, 0.25) is 5.02 Å². The molecule has 1 unspecified atom stereocenters. The van der Waals surface area contributed by atoms with Crippen molar-refractivity contribution in [3.8, 4) is 0 Å². The summed E-state index contributed by atoms with van der Waals surface area (Å²) in [6.45, 7) is 3.92. The maximum Gasteiger partial charge on any atom is 0.244 e. The molecule has 0 saturated heterocycles. The number of benzene rings is 1. The van der Waals surface area contributed by atoms with Gasteiger partial charge in [0, 0.05) is 19.0 Å². The molecule has 0 aliphatic rings. The van der Waals surface area contributed by atoms with Crippen LogP contribution < -0.4 is 0 Å². The molecule has 0 heterocycles. The fourth-order valence-electron chi connectivity index (χ4n) is 1.82. The monoisotopic (exact) mass is 323 g/mol. The van der Waals surface area contributed by atoms with Gasteiger partial charge in [-0.2, -0.15) is 4.31 Å². The summed E-state index contributed by atoms with van der Waals surface area (Å²) >= 11 is 11.8. The summed E-state index contributed by atoms with van der Waals surface area (Å²) in [7, 11) is -2.00. The second-order valence-corrected chi connectivity index (χ2v) is 7.20. The first-order valence-corrected chi connectivity index (χ1v) is 8.52. The van der Waals surface area contributed by atoms with Crippen LogP contribution in [0.4, 0.5) is 0 Å². The lowest BCUT2D eigenvalue weighted by atomic mass is 10.2. The number of alkyl halides is 1. The van der Waals surface area contributed by atoms with Crippen LogP contribution in [-0.4, -0.2) is 25.8 Å². The van der Waals surface area contributed by atoms with E-state index in [0.29, 0.717) is 0 Å². The Balaban J connectivity index is 3.19. The van der Waals surface area contributed by atoms with Crippen LogP contribution in [0.3, 0.4) is 0 Å². The highest BCUT2D eigenvalue weighted by Gasteiger charge is 2.27. The van der Waals surface area contributed by atoms with Crippen molar-refractivity contribution in [2.24, 2.45) is 0 Å². The van der Waals surface area contributed by atoms with E-state index >= 15 is 0 Å². The number of nitrogens with zero attached hydrogens (tertiary/aromatic N) is 1. The molecule has 1 aromatic rings. The number of hydrogen-bond acceptors (Lipinski definition) is 2. The average Bonchev–Trinajstić information content (AvgIpc) is 2.38. The van der Waals surface area contributed by atoms with Crippen LogP contribution in [0.1, 0.15) is 32.3 Å². The van der Waals surface area contributed by atoms with Crippen molar-refractivity contribution in [1.29, 1.82) is 0 Å². The van der Waals surface area contributed by atoms with Crippen molar-refractivity contribution in [3.63, 3.8) is 0 Å². The van der Waals surface area contributed by atoms with E-state index < -0.39 is 10.0 Å². The normalized spacial score (nSPS) is 13.8. The minimum absolute atomic E-state index is 0.0641. The molecular formula is C13H19Cl2NO2S. The molecule has 1 rings (SSSR count). The molecule has 108 valence electrons. The zero-order valence-corrected chi connectivity index (χ0v) is 13.7. The molecule has 1 aromatic carbocycles. The third-order valence-electron chi connectivity index (χ3n) is 3.13. The maximum atomic E-state index is 12.5. The molecule has 0 aliphatic carbocycles. The summed E-state index contributed by atoms with van der Waals surface area (Å²) in [5, 5.41) is 0.226. The van der Waals surface area contributed by atoms with E-state index in [9.17, 15) is 8.42 Å². The third kappa shape index (κ3) is 3.85. The van der Waals surface area contributed by atoms with Crippen LogP contribution >= 0.6 is 23.2 Å². The van der Waals surface area contributed by atoms with Gasteiger partial charge in [-0.1, -0.05) is 31.0 Å². The molecule has 0 spiro atoms. The number of halogens is 2. The Morgan fingerprint density at radius 2 is 2.00 bits per heavy atom. The third-order valence-corrected chi connectivity index (χ3v) is 5.90. The van der Waals surface area contributed by atoms with Gasteiger partial charge in [-0.3, -0.25) is 0 Å². The minimum atomic E-state index is -3.58. The zero-order valence-electron chi connectivity index (χ0n) is 11.4. The van der Waals surface area contributed by atoms with Gasteiger partial charge in [0.05, 0.1) is 5.02 Å².